The summed E-state index contributed by atoms with van der Waals surface area (Å²) in [6.45, 7) is 0. The number of nitrogens with zero attached hydrogens (tertiary/aromatic N) is 4. The van der Waals surface area contributed by atoms with Gasteiger partial charge in [0.05, 0.1) is 4.92 Å². The summed E-state index contributed by atoms with van der Waals surface area (Å²) in [5, 5.41) is 17.5. The van der Waals surface area contributed by atoms with E-state index in [2.05, 4.69) is 39.6 Å². The van der Waals surface area contributed by atoms with Gasteiger partial charge in [0.25, 0.3) is 0 Å². The highest BCUT2D eigenvalue weighted by molar-refractivity contribution is 5.58. The molecule has 0 radical (unpaired) electrons. The fourth-order valence-corrected chi connectivity index (χ4v) is 3.00. The Kier molecular flexibility index (Phi) is 4.10. The number of nitro groups is 1. The first kappa shape index (κ1) is 15.0. The lowest BCUT2D eigenvalue weighted by atomic mass is 10.1. The van der Waals surface area contributed by atoms with Gasteiger partial charge in [0.1, 0.15) is 6.20 Å². The molecule has 2 saturated carbocycles. The molecule has 0 saturated heterocycles. The Balaban J connectivity index is 1.77. The monoisotopic (exact) mass is 306 g/mol. The van der Waals surface area contributed by atoms with Crippen LogP contribution in [0.2, 0.25) is 0 Å². The van der Waals surface area contributed by atoms with Gasteiger partial charge in [-0.2, -0.15) is 4.98 Å². The quantitative estimate of drug-likeness (QED) is 0.611. The fraction of sp³-hybridized carbons (Fsp3) is 0.714. The molecule has 1 heterocycles. The molecule has 2 fully saturated rings. The molecule has 8 heteroatoms. The Morgan fingerprint density at radius 3 is 2.68 bits per heavy atom. The first-order valence-electron chi connectivity index (χ1n) is 7.75. The lowest BCUT2D eigenvalue weighted by Gasteiger charge is -2.26. The van der Waals surface area contributed by atoms with Crippen LogP contribution in [-0.4, -0.2) is 52.0 Å². The van der Waals surface area contributed by atoms with Gasteiger partial charge < -0.3 is 15.5 Å². The van der Waals surface area contributed by atoms with Crippen molar-refractivity contribution < 1.29 is 4.92 Å². The molecule has 0 aromatic carbocycles. The van der Waals surface area contributed by atoms with Crippen molar-refractivity contribution in [1.82, 2.24) is 14.9 Å². The van der Waals surface area contributed by atoms with Crippen molar-refractivity contribution in [1.29, 1.82) is 0 Å². The van der Waals surface area contributed by atoms with Crippen molar-refractivity contribution >= 4 is 17.5 Å². The summed E-state index contributed by atoms with van der Waals surface area (Å²) >= 11 is 0. The van der Waals surface area contributed by atoms with E-state index in [0.717, 1.165) is 25.7 Å². The molecule has 1 aromatic heterocycles. The first-order chi connectivity index (χ1) is 10.5. The Morgan fingerprint density at radius 2 is 2.05 bits per heavy atom. The Morgan fingerprint density at radius 1 is 1.27 bits per heavy atom. The van der Waals surface area contributed by atoms with Gasteiger partial charge in [-0.3, -0.25) is 10.1 Å². The second-order valence-corrected chi connectivity index (χ2v) is 6.32. The normalized spacial score (nSPS) is 24.5. The predicted octanol–water partition coefficient (Wildman–Crippen LogP) is 1.85. The molecule has 2 N–H and O–H groups in total. The maximum atomic E-state index is 11.1. The number of hydrogen-bond acceptors (Lipinski definition) is 7. The van der Waals surface area contributed by atoms with E-state index >= 15 is 0 Å². The molecule has 120 valence electrons. The van der Waals surface area contributed by atoms with E-state index < -0.39 is 4.92 Å². The van der Waals surface area contributed by atoms with Gasteiger partial charge >= 0.3 is 5.69 Å². The Labute approximate surface area is 129 Å². The molecule has 1 aromatic rings. The van der Waals surface area contributed by atoms with Crippen LogP contribution in [-0.2, 0) is 0 Å². The number of likely N-dealkylation sites (N-methyl/N-ethyl adjacent to an activating group) is 1. The van der Waals surface area contributed by atoms with Crippen LogP contribution >= 0.6 is 0 Å². The van der Waals surface area contributed by atoms with Crippen LogP contribution in [0.25, 0.3) is 0 Å². The van der Waals surface area contributed by atoms with Crippen LogP contribution in [0.4, 0.5) is 17.5 Å². The molecule has 2 atom stereocenters. The Bertz CT molecular complexity index is 560. The van der Waals surface area contributed by atoms with Crippen LogP contribution in [0.5, 0.6) is 0 Å². The van der Waals surface area contributed by atoms with E-state index in [9.17, 15) is 10.1 Å². The predicted molar refractivity (Wildman–Crippen MR) is 84.1 cm³/mol. The molecule has 0 aliphatic heterocycles. The van der Waals surface area contributed by atoms with Gasteiger partial charge in [-0.25, -0.2) is 4.98 Å². The Hall–Kier alpha value is -1.96. The largest absolute Gasteiger partial charge is 0.361 e. The lowest BCUT2D eigenvalue weighted by Crippen LogP contribution is -2.39. The molecule has 2 unspecified atom stereocenters. The van der Waals surface area contributed by atoms with Gasteiger partial charge in [0.15, 0.2) is 0 Å². The number of aromatic nitrogens is 2. The van der Waals surface area contributed by atoms with E-state index in [1.165, 1.54) is 12.6 Å². The lowest BCUT2D eigenvalue weighted by molar-refractivity contribution is -0.384. The first-order valence-corrected chi connectivity index (χ1v) is 7.75. The van der Waals surface area contributed by atoms with Crippen molar-refractivity contribution in [2.45, 2.75) is 50.2 Å². The standard InChI is InChI=1S/C14H22N6O2/c1-19(2)11-5-3-4-10(11)17-14-15-8-12(20(21)22)13(18-14)16-9-6-7-9/h8-11H,3-7H2,1-2H3,(H2,15,16,17,18). The second kappa shape index (κ2) is 6.04. The molecule has 0 amide bonds. The van der Waals surface area contributed by atoms with Crippen LogP contribution in [0.15, 0.2) is 6.20 Å². The number of anilines is 2. The minimum absolute atomic E-state index is 0.0620. The number of rotatable bonds is 6. The minimum atomic E-state index is -0.438. The van der Waals surface area contributed by atoms with E-state index in [-0.39, 0.29) is 11.7 Å². The van der Waals surface area contributed by atoms with Crippen molar-refractivity contribution in [2.75, 3.05) is 24.7 Å². The molecule has 2 aliphatic carbocycles. The van der Waals surface area contributed by atoms with Gasteiger partial charge in [0, 0.05) is 18.1 Å². The smallest absolute Gasteiger partial charge is 0.329 e. The van der Waals surface area contributed by atoms with Gasteiger partial charge in [-0.1, -0.05) is 0 Å². The van der Waals surface area contributed by atoms with E-state index in [4.69, 9.17) is 0 Å². The summed E-state index contributed by atoms with van der Waals surface area (Å²) in [4.78, 5) is 21.3. The third-order valence-corrected chi connectivity index (χ3v) is 4.34. The van der Waals surface area contributed by atoms with E-state index in [1.807, 2.05) is 0 Å². The van der Waals surface area contributed by atoms with Crippen molar-refractivity contribution in [3.05, 3.63) is 16.3 Å². The number of nitrogens with one attached hydrogen (secondary N) is 2. The molecular formula is C14H22N6O2. The summed E-state index contributed by atoms with van der Waals surface area (Å²) in [6, 6.07) is 1.03. The SMILES string of the molecule is CN(C)C1CCCC1Nc1ncc([N+](=O)[O-])c(NC2CC2)n1. The molecule has 0 bridgehead atoms. The van der Waals surface area contributed by atoms with E-state index in [1.54, 1.807) is 0 Å². The molecule has 8 nitrogen and oxygen atoms in total. The van der Waals surface area contributed by atoms with Crippen molar-refractivity contribution in [3.8, 4) is 0 Å². The van der Waals surface area contributed by atoms with Gasteiger partial charge in [-0.15, -0.1) is 0 Å². The zero-order valence-electron chi connectivity index (χ0n) is 13.0. The molecule has 2 aliphatic rings. The zero-order valence-corrected chi connectivity index (χ0v) is 13.0. The maximum Gasteiger partial charge on any atom is 0.329 e. The van der Waals surface area contributed by atoms with Crippen LogP contribution in [0.3, 0.4) is 0 Å². The van der Waals surface area contributed by atoms with Crippen LogP contribution in [0.1, 0.15) is 32.1 Å². The van der Waals surface area contributed by atoms with E-state index in [0.29, 0.717) is 23.8 Å². The summed E-state index contributed by atoms with van der Waals surface area (Å²) in [6.07, 6.45) is 6.74. The van der Waals surface area contributed by atoms with Gasteiger partial charge in [-0.05, 0) is 46.2 Å². The summed E-state index contributed by atoms with van der Waals surface area (Å²) in [5.41, 5.74) is -0.0620. The topological polar surface area (TPSA) is 96.2 Å². The van der Waals surface area contributed by atoms with Crippen LogP contribution < -0.4 is 10.6 Å². The van der Waals surface area contributed by atoms with Gasteiger partial charge in [0.2, 0.25) is 11.8 Å². The summed E-state index contributed by atoms with van der Waals surface area (Å²) < 4.78 is 0. The molecule has 22 heavy (non-hydrogen) atoms. The molecular weight excluding hydrogens is 284 g/mol. The third kappa shape index (κ3) is 3.27. The van der Waals surface area contributed by atoms with Crippen molar-refractivity contribution in [2.24, 2.45) is 0 Å². The zero-order chi connectivity index (χ0) is 15.7. The van der Waals surface area contributed by atoms with Crippen LogP contribution in [0, 0.1) is 10.1 Å². The highest BCUT2D eigenvalue weighted by Gasteiger charge is 2.30. The average molecular weight is 306 g/mol. The average Bonchev–Trinajstić information content (AvgIpc) is 3.14. The minimum Gasteiger partial charge on any atom is -0.361 e. The number of hydrogen-bond donors (Lipinski definition) is 2. The fourth-order valence-electron chi connectivity index (χ4n) is 3.00. The molecule has 0 spiro atoms. The highest BCUT2D eigenvalue weighted by Crippen LogP contribution is 2.30. The summed E-state index contributed by atoms with van der Waals surface area (Å²) in [5.74, 6) is 0.789. The molecule has 3 rings (SSSR count). The summed E-state index contributed by atoms with van der Waals surface area (Å²) in [7, 11) is 4.14. The maximum absolute atomic E-state index is 11.1. The second-order valence-electron chi connectivity index (χ2n) is 6.32. The third-order valence-electron chi connectivity index (χ3n) is 4.34. The van der Waals surface area contributed by atoms with Crippen molar-refractivity contribution in [3.63, 3.8) is 0 Å². The highest BCUT2D eigenvalue weighted by atomic mass is 16.6.